The van der Waals surface area contributed by atoms with Gasteiger partial charge in [0.05, 0.1) is 12.7 Å². The van der Waals surface area contributed by atoms with E-state index in [9.17, 15) is 4.79 Å². The van der Waals surface area contributed by atoms with Crippen LogP contribution in [0.25, 0.3) is 0 Å². The van der Waals surface area contributed by atoms with Gasteiger partial charge in [-0.05, 0) is 56.8 Å². The minimum absolute atomic E-state index is 0.0305. The largest absolute Gasteiger partial charge is 0.383 e. The lowest BCUT2D eigenvalue weighted by Crippen LogP contribution is -2.44. The fourth-order valence-electron chi connectivity index (χ4n) is 3.85. The van der Waals surface area contributed by atoms with Crippen molar-refractivity contribution in [3.8, 4) is 0 Å². The summed E-state index contributed by atoms with van der Waals surface area (Å²) in [5, 5.41) is 0. The van der Waals surface area contributed by atoms with Gasteiger partial charge in [0.2, 0.25) is 0 Å². The van der Waals surface area contributed by atoms with E-state index >= 15 is 0 Å². The molecule has 0 spiro atoms. The number of methoxy groups -OCH3 is 1. The molecule has 0 aliphatic carbocycles. The van der Waals surface area contributed by atoms with E-state index in [2.05, 4.69) is 9.88 Å². The molecule has 2 fully saturated rings. The first kappa shape index (κ1) is 19.3. The zero-order valence-corrected chi connectivity index (χ0v) is 15.8. The molecule has 144 valence electrons. The molecule has 1 atom stereocenters. The van der Waals surface area contributed by atoms with Crippen molar-refractivity contribution in [2.75, 3.05) is 53.0 Å². The molecule has 1 aromatic heterocycles. The van der Waals surface area contributed by atoms with Gasteiger partial charge < -0.3 is 19.3 Å². The van der Waals surface area contributed by atoms with Crippen molar-refractivity contribution in [2.45, 2.75) is 31.8 Å². The summed E-state index contributed by atoms with van der Waals surface area (Å²) < 4.78 is 11.0. The number of carbonyl (C=O) groups is 1. The summed E-state index contributed by atoms with van der Waals surface area (Å²) in [6, 6.07) is 5.52. The van der Waals surface area contributed by atoms with Crippen LogP contribution >= 0.6 is 0 Å². The lowest BCUT2D eigenvalue weighted by Gasteiger charge is -2.35. The van der Waals surface area contributed by atoms with Gasteiger partial charge in [0.15, 0.2) is 0 Å². The zero-order valence-electron chi connectivity index (χ0n) is 15.8. The Morgan fingerprint density at radius 1 is 1.31 bits per heavy atom. The number of nitrogens with zero attached hydrogens (tertiary/aromatic N) is 3. The van der Waals surface area contributed by atoms with Crippen LogP contribution in [0.15, 0.2) is 24.4 Å². The number of likely N-dealkylation sites (tertiary alicyclic amines) is 1. The topological polar surface area (TPSA) is 54.9 Å². The molecule has 1 amide bonds. The summed E-state index contributed by atoms with van der Waals surface area (Å²) in [6.07, 6.45) is 6.24. The Kier molecular flexibility index (Phi) is 7.41. The molecule has 0 bridgehead atoms. The fraction of sp³-hybridized carbons (Fsp3) is 0.700. The van der Waals surface area contributed by atoms with E-state index in [1.165, 1.54) is 0 Å². The van der Waals surface area contributed by atoms with Gasteiger partial charge in [-0.15, -0.1) is 0 Å². The molecular formula is C20H31N3O3. The number of carbonyl (C=O) groups excluding carboxylic acids is 1. The Bertz CT molecular complexity index is 540. The van der Waals surface area contributed by atoms with Gasteiger partial charge in [0.25, 0.3) is 5.91 Å². The van der Waals surface area contributed by atoms with Crippen LogP contribution in [-0.2, 0) is 9.47 Å². The summed E-state index contributed by atoms with van der Waals surface area (Å²) in [6.45, 7) is 6.24. The minimum Gasteiger partial charge on any atom is -0.383 e. The van der Waals surface area contributed by atoms with Gasteiger partial charge in [-0.3, -0.25) is 9.78 Å². The van der Waals surface area contributed by atoms with Gasteiger partial charge in [0, 0.05) is 39.5 Å². The van der Waals surface area contributed by atoms with Gasteiger partial charge >= 0.3 is 0 Å². The van der Waals surface area contributed by atoms with Crippen molar-refractivity contribution in [1.82, 2.24) is 14.8 Å². The molecule has 26 heavy (non-hydrogen) atoms. The summed E-state index contributed by atoms with van der Waals surface area (Å²) in [4.78, 5) is 21.7. The molecular weight excluding hydrogens is 330 g/mol. The predicted octanol–water partition coefficient (Wildman–Crippen LogP) is 2.06. The van der Waals surface area contributed by atoms with E-state index in [0.29, 0.717) is 18.2 Å². The Balaban J connectivity index is 1.58. The lowest BCUT2D eigenvalue weighted by molar-refractivity contribution is 0.0433. The molecule has 3 heterocycles. The van der Waals surface area contributed by atoms with Crippen LogP contribution in [0.4, 0.5) is 0 Å². The number of pyridine rings is 1. The molecule has 0 saturated carbocycles. The summed E-state index contributed by atoms with van der Waals surface area (Å²) >= 11 is 0. The molecule has 6 nitrogen and oxygen atoms in total. The van der Waals surface area contributed by atoms with Crippen molar-refractivity contribution in [1.29, 1.82) is 0 Å². The monoisotopic (exact) mass is 361 g/mol. The molecule has 2 aliphatic rings. The number of aromatic nitrogens is 1. The quantitative estimate of drug-likeness (QED) is 0.709. The molecule has 3 rings (SSSR count). The zero-order chi connectivity index (χ0) is 18.2. The molecule has 0 radical (unpaired) electrons. The van der Waals surface area contributed by atoms with Crippen LogP contribution in [0.1, 0.15) is 36.2 Å². The third-order valence-corrected chi connectivity index (χ3v) is 5.42. The van der Waals surface area contributed by atoms with Crippen LogP contribution in [0.3, 0.4) is 0 Å². The van der Waals surface area contributed by atoms with Crippen molar-refractivity contribution < 1.29 is 14.3 Å². The normalized spacial score (nSPS) is 21.8. The van der Waals surface area contributed by atoms with Crippen LogP contribution in [0, 0.1) is 5.92 Å². The summed E-state index contributed by atoms with van der Waals surface area (Å²) in [5.74, 6) is 0.575. The average Bonchev–Trinajstić information content (AvgIpc) is 3.20. The number of ether oxygens (including phenoxy) is 2. The average molecular weight is 361 g/mol. The number of hydrogen-bond acceptors (Lipinski definition) is 5. The molecule has 1 aromatic rings. The number of amides is 1. The Morgan fingerprint density at radius 2 is 2.15 bits per heavy atom. The highest BCUT2D eigenvalue weighted by Gasteiger charge is 2.28. The first-order valence-corrected chi connectivity index (χ1v) is 9.79. The van der Waals surface area contributed by atoms with E-state index in [1.54, 1.807) is 19.4 Å². The van der Waals surface area contributed by atoms with Gasteiger partial charge in [0.1, 0.15) is 5.69 Å². The highest BCUT2D eigenvalue weighted by Crippen LogP contribution is 2.21. The number of piperidine rings is 1. The van der Waals surface area contributed by atoms with Crippen LogP contribution in [-0.4, -0.2) is 79.8 Å². The van der Waals surface area contributed by atoms with Gasteiger partial charge in [-0.25, -0.2) is 0 Å². The Hall–Kier alpha value is -1.50. The van der Waals surface area contributed by atoms with Crippen molar-refractivity contribution in [3.05, 3.63) is 30.1 Å². The second-order valence-corrected chi connectivity index (χ2v) is 7.34. The fourth-order valence-corrected chi connectivity index (χ4v) is 3.85. The first-order chi connectivity index (χ1) is 12.8. The molecule has 0 aromatic carbocycles. The van der Waals surface area contributed by atoms with E-state index in [-0.39, 0.29) is 12.0 Å². The van der Waals surface area contributed by atoms with E-state index < -0.39 is 0 Å². The summed E-state index contributed by atoms with van der Waals surface area (Å²) in [5.41, 5.74) is 0.531. The molecule has 6 heteroatoms. The van der Waals surface area contributed by atoms with Crippen LogP contribution in [0.2, 0.25) is 0 Å². The highest BCUT2D eigenvalue weighted by atomic mass is 16.5. The minimum atomic E-state index is 0.0305. The van der Waals surface area contributed by atoms with Crippen LogP contribution < -0.4 is 0 Å². The second-order valence-electron chi connectivity index (χ2n) is 7.34. The Morgan fingerprint density at radius 3 is 2.81 bits per heavy atom. The third-order valence-electron chi connectivity index (χ3n) is 5.42. The van der Waals surface area contributed by atoms with Crippen molar-refractivity contribution in [2.24, 2.45) is 5.92 Å². The van der Waals surface area contributed by atoms with Crippen molar-refractivity contribution in [3.63, 3.8) is 0 Å². The second kappa shape index (κ2) is 10.00. The van der Waals surface area contributed by atoms with E-state index in [0.717, 1.165) is 65.1 Å². The van der Waals surface area contributed by atoms with Gasteiger partial charge in [-0.1, -0.05) is 6.07 Å². The van der Waals surface area contributed by atoms with Crippen LogP contribution in [0.5, 0.6) is 0 Å². The first-order valence-electron chi connectivity index (χ1n) is 9.79. The Labute approximate surface area is 156 Å². The smallest absolute Gasteiger partial charge is 0.272 e. The number of rotatable bonds is 8. The molecule has 0 unspecified atom stereocenters. The lowest BCUT2D eigenvalue weighted by atomic mass is 9.95. The third kappa shape index (κ3) is 5.50. The van der Waals surface area contributed by atoms with Gasteiger partial charge in [-0.2, -0.15) is 0 Å². The highest BCUT2D eigenvalue weighted by molar-refractivity contribution is 5.92. The SMILES string of the molecule is COCCN1CCC(CN(C[C@H]2CCCO2)C(=O)c2ccccn2)CC1. The number of hydrogen-bond donors (Lipinski definition) is 0. The van der Waals surface area contributed by atoms with E-state index in [4.69, 9.17) is 9.47 Å². The van der Waals surface area contributed by atoms with E-state index in [1.807, 2.05) is 17.0 Å². The summed E-state index contributed by atoms with van der Waals surface area (Å²) in [7, 11) is 1.75. The predicted molar refractivity (Wildman–Crippen MR) is 100 cm³/mol. The molecule has 2 aliphatic heterocycles. The maximum absolute atomic E-state index is 13.0. The standard InChI is InChI=1S/C20H31N3O3/c1-25-14-12-22-10-7-17(8-11-22)15-23(16-18-5-4-13-26-18)20(24)19-6-2-3-9-21-19/h2-3,6,9,17-18H,4-5,7-8,10-16H2,1H3/t18-/m1/s1. The maximum atomic E-state index is 13.0. The molecule has 0 N–H and O–H groups in total. The molecule has 2 saturated heterocycles. The van der Waals surface area contributed by atoms with Crippen molar-refractivity contribution >= 4 is 5.91 Å². The maximum Gasteiger partial charge on any atom is 0.272 e.